The molecule has 0 aromatic carbocycles. The first-order valence-corrected chi connectivity index (χ1v) is 5.67. The summed E-state index contributed by atoms with van der Waals surface area (Å²) in [6.07, 6.45) is 1.79. The van der Waals surface area contributed by atoms with Gasteiger partial charge in [-0.2, -0.15) is 0 Å². The topological polar surface area (TPSA) is 39.9 Å². The van der Waals surface area contributed by atoms with Crippen molar-refractivity contribution >= 4 is 22.8 Å². The zero-order chi connectivity index (χ0) is 11.5. The summed E-state index contributed by atoms with van der Waals surface area (Å²) in [6, 6.07) is 1.95. The molecule has 0 saturated heterocycles. The van der Waals surface area contributed by atoms with E-state index < -0.39 is 0 Å². The van der Waals surface area contributed by atoms with Crippen molar-refractivity contribution in [2.24, 2.45) is 0 Å². The number of pyridine rings is 1. The minimum atomic E-state index is 0.388. The Kier molecular flexibility index (Phi) is 3.41. The van der Waals surface area contributed by atoms with Gasteiger partial charge in [-0.3, -0.25) is 0 Å². The largest absolute Gasteiger partial charge is 0.383 e. The van der Waals surface area contributed by atoms with Crippen molar-refractivity contribution in [2.45, 2.75) is 19.3 Å². The molecule has 0 amide bonds. The molecule has 0 saturated carbocycles. The van der Waals surface area contributed by atoms with E-state index in [2.05, 4.69) is 9.97 Å². The van der Waals surface area contributed by atoms with Gasteiger partial charge in [0.2, 0.25) is 0 Å². The predicted octanol–water partition coefficient (Wildman–Crippen LogP) is 2.12. The third kappa shape index (κ3) is 1.90. The van der Waals surface area contributed by atoms with Crippen LogP contribution in [0.1, 0.15) is 11.4 Å². The van der Waals surface area contributed by atoms with Crippen LogP contribution in [-0.2, 0) is 17.2 Å². The number of methoxy groups -OCH3 is 1. The Hall–Kier alpha value is -1.13. The van der Waals surface area contributed by atoms with Gasteiger partial charge in [-0.15, -0.1) is 11.6 Å². The number of hydrogen-bond donors (Lipinski definition) is 0. The van der Waals surface area contributed by atoms with Crippen LogP contribution in [-0.4, -0.2) is 28.3 Å². The van der Waals surface area contributed by atoms with Gasteiger partial charge in [0, 0.05) is 19.9 Å². The van der Waals surface area contributed by atoms with Crippen LogP contribution in [0.15, 0.2) is 12.3 Å². The number of alkyl halides is 1. The third-order valence-electron chi connectivity index (χ3n) is 2.55. The lowest BCUT2D eigenvalue weighted by Crippen LogP contribution is -2.07. The minimum absolute atomic E-state index is 0.388. The summed E-state index contributed by atoms with van der Waals surface area (Å²) < 4.78 is 7.09. The Bertz CT molecular complexity index is 495. The first kappa shape index (κ1) is 11.4. The average molecular weight is 240 g/mol. The number of halogens is 1. The molecule has 2 heterocycles. The molecule has 0 aliphatic heterocycles. The number of rotatable bonds is 4. The van der Waals surface area contributed by atoms with Gasteiger partial charge < -0.3 is 9.30 Å². The molecular weight excluding hydrogens is 226 g/mol. The van der Waals surface area contributed by atoms with Gasteiger partial charge >= 0.3 is 0 Å². The monoisotopic (exact) mass is 239 g/mol. The number of aromatic nitrogens is 3. The molecule has 0 bridgehead atoms. The van der Waals surface area contributed by atoms with Crippen molar-refractivity contribution in [3.05, 3.63) is 23.7 Å². The van der Waals surface area contributed by atoms with Gasteiger partial charge in [0.05, 0.1) is 12.5 Å². The SMILES string of the molecule is COCCn1c(CCl)nc2c(C)ccnc21. The van der Waals surface area contributed by atoms with Crippen LogP contribution in [0.3, 0.4) is 0 Å². The highest BCUT2D eigenvalue weighted by atomic mass is 35.5. The zero-order valence-corrected chi connectivity index (χ0v) is 10.2. The molecule has 0 aliphatic carbocycles. The number of hydrogen-bond acceptors (Lipinski definition) is 3. The fourth-order valence-corrected chi connectivity index (χ4v) is 1.91. The maximum Gasteiger partial charge on any atom is 0.160 e. The van der Waals surface area contributed by atoms with E-state index in [4.69, 9.17) is 16.3 Å². The molecule has 0 fully saturated rings. The van der Waals surface area contributed by atoms with Gasteiger partial charge in [-0.1, -0.05) is 0 Å². The fraction of sp³-hybridized carbons (Fsp3) is 0.455. The Morgan fingerprint density at radius 1 is 1.50 bits per heavy atom. The molecule has 2 aromatic rings. The summed E-state index contributed by atoms with van der Waals surface area (Å²) in [6.45, 7) is 3.38. The summed E-state index contributed by atoms with van der Waals surface area (Å²) in [7, 11) is 1.68. The predicted molar refractivity (Wildman–Crippen MR) is 63.7 cm³/mol. The molecule has 0 unspecified atom stereocenters. The Morgan fingerprint density at radius 2 is 2.31 bits per heavy atom. The maximum absolute atomic E-state index is 5.88. The van der Waals surface area contributed by atoms with Crippen LogP contribution in [0.4, 0.5) is 0 Å². The van der Waals surface area contributed by atoms with E-state index in [0.29, 0.717) is 12.5 Å². The highest BCUT2D eigenvalue weighted by molar-refractivity contribution is 6.16. The summed E-state index contributed by atoms with van der Waals surface area (Å²) in [5, 5.41) is 0. The smallest absolute Gasteiger partial charge is 0.160 e. The molecule has 16 heavy (non-hydrogen) atoms. The highest BCUT2D eigenvalue weighted by Gasteiger charge is 2.11. The first-order chi connectivity index (χ1) is 7.77. The number of imidazole rings is 1. The van der Waals surface area contributed by atoms with E-state index in [9.17, 15) is 0 Å². The number of ether oxygens (including phenoxy) is 1. The molecule has 5 heteroatoms. The second kappa shape index (κ2) is 4.80. The Balaban J connectivity index is 2.54. The molecule has 2 aromatic heterocycles. The summed E-state index contributed by atoms with van der Waals surface area (Å²) in [4.78, 5) is 8.85. The molecule has 0 N–H and O–H groups in total. The van der Waals surface area contributed by atoms with Crippen LogP contribution >= 0.6 is 11.6 Å². The molecule has 0 radical (unpaired) electrons. The van der Waals surface area contributed by atoms with Crippen molar-refractivity contribution in [3.63, 3.8) is 0 Å². The zero-order valence-electron chi connectivity index (χ0n) is 9.40. The molecule has 0 aliphatic rings. The van der Waals surface area contributed by atoms with E-state index in [1.165, 1.54) is 0 Å². The standard InChI is InChI=1S/C11H14ClN3O/c1-8-3-4-13-11-10(8)14-9(7-12)15(11)5-6-16-2/h3-4H,5-7H2,1-2H3. The first-order valence-electron chi connectivity index (χ1n) is 5.13. The highest BCUT2D eigenvalue weighted by Crippen LogP contribution is 2.18. The normalized spacial score (nSPS) is 11.2. The van der Waals surface area contributed by atoms with Crippen LogP contribution in [0.25, 0.3) is 11.2 Å². The molecule has 0 atom stereocenters. The van der Waals surface area contributed by atoms with Crippen LogP contribution < -0.4 is 0 Å². The lowest BCUT2D eigenvalue weighted by atomic mass is 10.3. The van der Waals surface area contributed by atoms with E-state index in [1.807, 2.05) is 17.6 Å². The summed E-state index contributed by atoms with van der Waals surface area (Å²) in [5.41, 5.74) is 2.93. The second-order valence-corrected chi connectivity index (χ2v) is 3.87. The lowest BCUT2D eigenvalue weighted by Gasteiger charge is -2.05. The van der Waals surface area contributed by atoms with Gasteiger partial charge in [-0.05, 0) is 18.6 Å². The lowest BCUT2D eigenvalue weighted by molar-refractivity contribution is 0.187. The van der Waals surface area contributed by atoms with Crippen molar-refractivity contribution in [2.75, 3.05) is 13.7 Å². The van der Waals surface area contributed by atoms with Crippen LogP contribution in [0.2, 0.25) is 0 Å². The fourth-order valence-electron chi connectivity index (χ4n) is 1.70. The van der Waals surface area contributed by atoms with Gasteiger partial charge in [0.15, 0.2) is 5.65 Å². The van der Waals surface area contributed by atoms with E-state index in [1.54, 1.807) is 13.3 Å². The van der Waals surface area contributed by atoms with Gasteiger partial charge in [0.25, 0.3) is 0 Å². The van der Waals surface area contributed by atoms with Gasteiger partial charge in [0.1, 0.15) is 11.3 Å². The molecule has 2 rings (SSSR count). The second-order valence-electron chi connectivity index (χ2n) is 3.61. The maximum atomic E-state index is 5.88. The molecule has 0 spiro atoms. The van der Waals surface area contributed by atoms with E-state index >= 15 is 0 Å². The summed E-state index contributed by atoms with van der Waals surface area (Å²) in [5.74, 6) is 1.23. The summed E-state index contributed by atoms with van der Waals surface area (Å²) >= 11 is 5.88. The quantitative estimate of drug-likeness (QED) is 0.768. The number of fused-ring (bicyclic) bond motifs is 1. The average Bonchev–Trinajstić information content (AvgIpc) is 2.66. The van der Waals surface area contributed by atoms with Crippen molar-refractivity contribution in [1.82, 2.24) is 14.5 Å². The van der Waals surface area contributed by atoms with E-state index in [0.717, 1.165) is 29.1 Å². The number of aryl methyl sites for hydroxylation is 1. The van der Waals surface area contributed by atoms with Crippen LogP contribution in [0, 0.1) is 6.92 Å². The van der Waals surface area contributed by atoms with Gasteiger partial charge in [-0.25, -0.2) is 9.97 Å². The molecule has 86 valence electrons. The number of nitrogens with zero attached hydrogens (tertiary/aromatic N) is 3. The minimum Gasteiger partial charge on any atom is -0.383 e. The third-order valence-corrected chi connectivity index (χ3v) is 2.79. The Morgan fingerprint density at radius 3 is 3.00 bits per heavy atom. The molecule has 4 nitrogen and oxygen atoms in total. The van der Waals surface area contributed by atoms with E-state index in [-0.39, 0.29) is 0 Å². The van der Waals surface area contributed by atoms with Crippen molar-refractivity contribution in [3.8, 4) is 0 Å². The van der Waals surface area contributed by atoms with Crippen molar-refractivity contribution in [1.29, 1.82) is 0 Å². The van der Waals surface area contributed by atoms with Crippen molar-refractivity contribution < 1.29 is 4.74 Å². The molecular formula is C11H14ClN3O. The Labute approximate surface area is 99.2 Å². The van der Waals surface area contributed by atoms with Crippen LogP contribution in [0.5, 0.6) is 0 Å².